The number of hydrogen-bond donors (Lipinski definition) is 2. The molecule has 0 aromatic heterocycles. The molecule has 3 aromatic carbocycles. The van der Waals surface area contributed by atoms with Gasteiger partial charge in [-0.25, -0.2) is 0 Å². The molecule has 0 aliphatic rings. The minimum Gasteiger partial charge on any atom is -0.340 e. The molecular formula is C23H24N2O2. The van der Waals surface area contributed by atoms with Crippen LogP contribution in [0.1, 0.15) is 36.5 Å². The van der Waals surface area contributed by atoms with E-state index in [1.807, 2.05) is 60.7 Å². The van der Waals surface area contributed by atoms with E-state index >= 15 is 0 Å². The van der Waals surface area contributed by atoms with Gasteiger partial charge in [0.2, 0.25) is 5.91 Å². The highest BCUT2D eigenvalue weighted by atomic mass is 16.2. The second-order valence-corrected chi connectivity index (χ2v) is 6.59. The van der Waals surface area contributed by atoms with E-state index in [2.05, 4.69) is 17.6 Å². The molecule has 0 bridgehead atoms. The van der Waals surface area contributed by atoms with Gasteiger partial charge in [-0.2, -0.15) is 0 Å². The molecule has 3 rings (SSSR count). The Morgan fingerprint density at radius 3 is 2.33 bits per heavy atom. The van der Waals surface area contributed by atoms with E-state index in [-0.39, 0.29) is 11.8 Å². The Morgan fingerprint density at radius 1 is 0.889 bits per heavy atom. The summed E-state index contributed by atoms with van der Waals surface area (Å²) >= 11 is 0. The minimum atomic E-state index is -0.566. The highest BCUT2D eigenvalue weighted by molar-refractivity contribution is 6.02. The Balaban J connectivity index is 1.72. The number of anilines is 1. The number of rotatable bonds is 7. The summed E-state index contributed by atoms with van der Waals surface area (Å²) in [7, 11) is 0. The number of unbranched alkanes of at least 4 members (excludes halogenated alkanes) is 1. The maximum Gasteiger partial charge on any atom is 0.251 e. The second kappa shape index (κ2) is 8.99. The van der Waals surface area contributed by atoms with Gasteiger partial charge in [0.15, 0.2) is 0 Å². The summed E-state index contributed by atoms with van der Waals surface area (Å²) in [4.78, 5) is 25.3. The van der Waals surface area contributed by atoms with Gasteiger partial charge in [-0.1, -0.05) is 68.3 Å². The Kier molecular flexibility index (Phi) is 6.21. The van der Waals surface area contributed by atoms with Crippen LogP contribution in [0.3, 0.4) is 0 Å². The lowest BCUT2D eigenvalue weighted by molar-refractivity contribution is -0.118. The summed E-state index contributed by atoms with van der Waals surface area (Å²) in [6, 6.07) is 22.2. The van der Waals surface area contributed by atoms with Crippen LogP contribution in [0.5, 0.6) is 0 Å². The van der Waals surface area contributed by atoms with Gasteiger partial charge in [0.1, 0.15) is 6.04 Å². The normalized spacial score (nSPS) is 11.7. The van der Waals surface area contributed by atoms with E-state index in [1.54, 1.807) is 12.1 Å². The number of amides is 2. The first kappa shape index (κ1) is 18.6. The van der Waals surface area contributed by atoms with Gasteiger partial charge >= 0.3 is 0 Å². The van der Waals surface area contributed by atoms with Crippen LogP contribution in [0.25, 0.3) is 10.8 Å². The fraction of sp³-hybridized carbons (Fsp3) is 0.217. The summed E-state index contributed by atoms with van der Waals surface area (Å²) < 4.78 is 0. The van der Waals surface area contributed by atoms with Crippen LogP contribution in [0, 0.1) is 0 Å². The summed E-state index contributed by atoms with van der Waals surface area (Å²) in [5, 5.41) is 8.00. The number of carbonyl (C=O) groups is 2. The molecule has 0 aliphatic heterocycles. The van der Waals surface area contributed by atoms with Crippen molar-refractivity contribution in [3.63, 3.8) is 0 Å². The van der Waals surface area contributed by atoms with Crippen molar-refractivity contribution in [2.45, 2.75) is 32.2 Å². The van der Waals surface area contributed by atoms with Crippen molar-refractivity contribution in [1.82, 2.24) is 5.32 Å². The topological polar surface area (TPSA) is 58.2 Å². The van der Waals surface area contributed by atoms with Crippen LogP contribution in [0.15, 0.2) is 72.8 Å². The molecule has 2 N–H and O–H groups in total. The summed E-state index contributed by atoms with van der Waals surface area (Å²) in [6.45, 7) is 2.07. The summed E-state index contributed by atoms with van der Waals surface area (Å²) in [5.41, 5.74) is 1.28. The van der Waals surface area contributed by atoms with Gasteiger partial charge < -0.3 is 10.6 Å². The first-order valence-electron chi connectivity index (χ1n) is 9.33. The standard InChI is InChI=1S/C23H24N2O2/c1-2-3-13-21(25-22(26)18-10-5-4-6-11-18)23(27)24-20-15-14-17-9-7-8-12-19(17)16-20/h4-12,14-16,21H,2-3,13H2,1H3,(H,24,27)(H,25,26)/t21-/m0/s1. The van der Waals surface area contributed by atoms with Crippen molar-refractivity contribution in [2.75, 3.05) is 5.32 Å². The van der Waals surface area contributed by atoms with Crippen LogP contribution in [-0.4, -0.2) is 17.9 Å². The maximum atomic E-state index is 12.8. The number of fused-ring (bicyclic) bond motifs is 1. The monoisotopic (exact) mass is 360 g/mol. The molecule has 2 amide bonds. The molecule has 1 atom stereocenters. The Morgan fingerprint density at radius 2 is 1.59 bits per heavy atom. The van der Waals surface area contributed by atoms with Crippen molar-refractivity contribution in [3.8, 4) is 0 Å². The fourth-order valence-corrected chi connectivity index (χ4v) is 3.00. The molecule has 0 spiro atoms. The zero-order valence-electron chi connectivity index (χ0n) is 15.4. The lowest BCUT2D eigenvalue weighted by Crippen LogP contribution is -2.43. The van der Waals surface area contributed by atoms with Crippen LogP contribution in [0.2, 0.25) is 0 Å². The Bertz CT molecular complexity index is 922. The predicted molar refractivity (Wildman–Crippen MR) is 110 cm³/mol. The van der Waals surface area contributed by atoms with E-state index in [9.17, 15) is 9.59 Å². The van der Waals surface area contributed by atoms with Gasteiger partial charge in [0.05, 0.1) is 0 Å². The molecule has 0 radical (unpaired) electrons. The zero-order valence-corrected chi connectivity index (χ0v) is 15.4. The van der Waals surface area contributed by atoms with Crippen molar-refractivity contribution < 1.29 is 9.59 Å². The second-order valence-electron chi connectivity index (χ2n) is 6.59. The molecule has 138 valence electrons. The van der Waals surface area contributed by atoms with Crippen molar-refractivity contribution >= 4 is 28.3 Å². The fourth-order valence-electron chi connectivity index (χ4n) is 3.00. The molecule has 3 aromatic rings. The predicted octanol–water partition coefficient (Wildman–Crippen LogP) is 4.77. The molecule has 0 saturated carbocycles. The third-order valence-corrected chi connectivity index (χ3v) is 4.52. The molecule has 0 aliphatic carbocycles. The van der Waals surface area contributed by atoms with Crippen molar-refractivity contribution in [2.24, 2.45) is 0 Å². The van der Waals surface area contributed by atoms with Crippen LogP contribution in [-0.2, 0) is 4.79 Å². The minimum absolute atomic E-state index is 0.192. The van der Waals surface area contributed by atoms with E-state index in [4.69, 9.17) is 0 Å². The van der Waals surface area contributed by atoms with Gasteiger partial charge in [0.25, 0.3) is 5.91 Å². The van der Waals surface area contributed by atoms with E-state index in [0.717, 1.165) is 29.3 Å². The van der Waals surface area contributed by atoms with Crippen molar-refractivity contribution in [3.05, 3.63) is 78.4 Å². The SMILES string of the molecule is CCCC[C@H](NC(=O)c1ccccc1)C(=O)Nc1ccc2ccccc2c1. The Labute approximate surface area is 159 Å². The first-order chi connectivity index (χ1) is 13.2. The average molecular weight is 360 g/mol. The highest BCUT2D eigenvalue weighted by Gasteiger charge is 2.21. The van der Waals surface area contributed by atoms with Gasteiger partial charge in [-0.15, -0.1) is 0 Å². The van der Waals surface area contributed by atoms with Gasteiger partial charge in [-0.3, -0.25) is 9.59 Å². The van der Waals surface area contributed by atoms with Crippen molar-refractivity contribution in [1.29, 1.82) is 0 Å². The molecule has 0 saturated heterocycles. The lowest BCUT2D eigenvalue weighted by atomic mass is 10.1. The molecule has 4 nitrogen and oxygen atoms in total. The largest absolute Gasteiger partial charge is 0.340 e. The molecule has 4 heteroatoms. The average Bonchev–Trinajstić information content (AvgIpc) is 2.71. The third-order valence-electron chi connectivity index (χ3n) is 4.52. The Hall–Kier alpha value is -3.14. The number of hydrogen-bond acceptors (Lipinski definition) is 2. The summed E-state index contributed by atoms with van der Waals surface area (Å²) in [5.74, 6) is -0.423. The van der Waals surface area contributed by atoms with Gasteiger partial charge in [0, 0.05) is 11.3 Å². The molecule has 0 heterocycles. The third kappa shape index (κ3) is 4.94. The first-order valence-corrected chi connectivity index (χ1v) is 9.33. The van der Waals surface area contributed by atoms with E-state index < -0.39 is 6.04 Å². The smallest absolute Gasteiger partial charge is 0.251 e. The van der Waals surface area contributed by atoms with Gasteiger partial charge in [-0.05, 0) is 41.5 Å². The quantitative estimate of drug-likeness (QED) is 0.638. The van der Waals surface area contributed by atoms with Crippen LogP contribution in [0.4, 0.5) is 5.69 Å². The van der Waals surface area contributed by atoms with Crippen LogP contribution >= 0.6 is 0 Å². The number of benzene rings is 3. The maximum absolute atomic E-state index is 12.8. The zero-order chi connectivity index (χ0) is 19.1. The summed E-state index contributed by atoms with van der Waals surface area (Å²) in [6.07, 6.45) is 2.43. The highest BCUT2D eigenvalue weighted by Crippen LogP contribution is 2.19. The lowest BCUT2D eigenvalue weighted by Gasteiger charge is -2.18. The molecule has 0 fully saturated rings. The molecule has 27 heavy (non-hydrogen) atoms. The molecule has 0 unspecified atom stereocenters. The molecular weight excluding hydrogens is 336 g/mol. The number of carbonyl (C=O) groups excluding carboxylic acids is 2. The van der Waals surface area contributed by atoms with Crippen LogP contribution < -0.4 is 10.6 Å². The van der Waals surface area contributed by atoms with E-state index in [0.29, 0.717) is 12.0 Å². The van der Waals surface area contributed by atoms with E-state index in [1.165, 1.54) is 0 Å². The number of nitrogens with one attached hydrogen (secondary N) is 2.